The molecule has 2 nitrogen and oxygen atoms in total. The second-order valence-electron chi connectivity index (χ2n) is 4.18. The van der Waals surface area contributed by atoms with Gasteiger partial charge in [0, 0.05) is 12.5 Å². The minimum Gasteiger partial charge on any atom is -0.356 e. The van der Waals surface area contributed by atoms with Gasteiger partial charge in [0.15, 0.2) is 0 Å². The number of carbonyl (C=O) groups excluding carboxylic acids is 1. The quantitative estimate of drug-likeness (QED) is 0.809. The van der Waals surface area contributed by atoms with Gasteiger partial charge < -0.3 is 5.32 Å². The maximum absolute atomic E-state index is 12.9. The predicted molar refractivity (Wildman–Crippen MR) is 67.2 cm³/mol. The summed E-state index contributed by atoms with van der Waals surface area (Å²) in [7, 11) is 0. The van der Waals surface area contributed by atoms with E-state index in [1.54, 1.807) is 6.07 Å². The Morgan fingerprint density at radius 3 is 2.65 bits per heavy atom. The van der Waals surface area contributed by atoms with E-state index in [1.165, 1.54) is 12.1 Å². The molecule has 0 heterocycles. The van der Waals surface area contributed by atoms with Crippen molar-refractivity contribution >= 4 is 5.91 Å². The highest BCUT2D eigenvalue weighted by Gasteiger charge is 2.12. The van der Waals surface area contributed by atoms with Gasteiger partial charge in [0.05, 0.1) is 0 Å². The van der Waals surface area contributed by atoms with Crippen molar-refractivity contribution in [3.63, 3.8) is 0 Å². The molecule has 0 unspecified atom stereocenters. The van der Waals surface area contributed by atoms with Crippen LogP contribution < -0.4 is 5.32 Å². The van der Waals surface area contributed by atoms with E-state index in [-0.39, 0.29) is 17.6 Å². The molecule has 0 aliphatic heterocycles. The Kier molecular flexibility index (Phi) is 5.67. The zero-order chi connectivity index (χ0) is 12.7. The predicted octanol–water partition coefficient (Wildman–Crippen LogP) is 2.92. The summed E-state index contributed by atoms with van der Waals surface area (Å²) in [5.41, 5.74) is 0.912. The standard InChI is InChI=1S/C14H20FNO/c1-3-12(4-2)14(17)16-9-8-11-6-5-7-13(15)10-11/h5-7,10,12H,3-4,8-9H2,1-2H3,(H,16,17). The lowest BCUT2D eigenvalue weighted by Gasteiger charge is -2.12. The molecule has 0 saturated heterocycles. The summed E-state index contributed by atoms with van der Waals surface area (Å²) in [6.45, 7) is 4.60. The molecule has 17 heavy (non-hydrogen) atoms. The van der Waals surface area contributed by atoms with Crippen molar-refractivity contribution in [1.82, 2.24) is 5.32 Å². The van der Waals surface area contributed by atoms with Crippen molar-refractivity contribution < 1.29 is 9.18 Å². The maximum Gasteiger partial charge on any atom is 0.223 e. The molecule has 1 amide bonds. The Hall–Kier alpha value is -1.38. The number of nitrogens with one attached hydrogen (secondary N) is 1. The average Bonchev–Trinajstić information content (AvgIpc) is 2.30. The first kappa shape index (κ1) is 13.7. The third-order valence-electron chi connectivity index (χ3n) is 2.96. The van der Waals surface area contributed by atoms with Crippen LogP contribution in [0.2, 0.25) is 0 Å². The second-order valence-corrected chi connectivity index (χ2v) is 4.18. The lowest BCUT2D eigenvalue weighted by atomic mass is 10.0. The molecule has 0 radical (unpaired) electrons. The van der Waals surface area contributed by atoms with Crippen LogP contribution in [0.25, 0.3) is 0 Å². The highest BCUT2D eigenvalue weighted by atomic mass is 19.1. The molecule has 0 aliphatic carbocycles. The molecular weight excluding hydrogens is 217 g/mol. The fourth-order valence-electron chi connectivity index (χ4n) is 1.83. The topological polar surface area (TPSA) is 29.1 Å². The lowest BCUT2D eigenvalue weighted by molar-refractivity contribution is -0.125. The Morgan fingerprint density at radius 1 is 1.35 bits per heavy atom. The van der Waals surface area contributed by atoms with E-state index in [0.29, 0.717) is 13.0 Å². The van der Waals surface area contributed by atoms with Gasteiger partial charge >= 0.3 is 0 Å². The van der Waals surface area contributed by atoms with Gasteiger partial charge in [-0.1, -0.05) is 26.0 Å². The van der Waals surface area contributed by atoms with E-state index in [4.69, 9.17) is 0 Å². The molecular formula is C14H20FNO. The van der Waals surface area contributed by atoms with Crippen LogP contribution in [-0.2, 0) is 11.2 Å². The van der Waals surface area contributed by atoms with Gasteiger partial charge in [0.2, 0.25) is 5.91 Å². The molecule has 1 N–H and O–H groups in total. The first-order chi connectivity index (χ1) is 8.17. The first-order valence-corrected chi connectivity index (χ1v) is 6.19. The van der Waals surface area contributed by atoms with Crippen molar-refractivity contribution in [2.75, 3.05) is 6.54 Å². The van der Waals surface area contributed by atoms with E-state index in [2.05, 4.69) is 5.32 Å². The van der Waals surface area contributed by atoms with Crippen LogP contribution in [0, 0.1) is 11.7 Å². The van der Waals surface area contributed by atoms with Crippen LogP contribution in [-0.4, -0.2) is 12.5 Å². The molecule has 0 fully saturated rings. The third kappa shape index (κ3) is 4.55. The van der Waals surface area contributed by atoms with E-state index >= 15 is 0 Å². The molecule has 0 atom stereocenters. The number of benzene rings is 1. The van der Waals surface area contributed by atoms with Crippen LogP contribution in [0.5, 0.6) is 0 Å². The summed E-state index contributed by atoms with van der Waals surface area (Å²) >= 11 is 0. The monoisotopic (exact) mass is 237 g/mol. The van der Waals surface area contributed by atoms with Crippen LogP contribution in [0.4, 0.5) is 4.39 Å². The summed E-state index contributed by atoms with van der Waals surface area (Å²) < 4.78 is 12.9. The molecule has 1 aromatic rings. The van der Waals surface area contributed by atoms with Gasteiger partial charge in [0.1, 0.15) is 5.82 Å². The smallest absolute Gasteiger partial charge is 0.223 e. The molecule has 1 rings (SSSR count). The molecule has 94 valence electrons. The molecule has 0 aromatic heterocycles. The molecule has 0 aliphatic rings. The van der Waals surface area contributed by atoms with Crippen LogP contribution in [0.1, 0.15) is 32.3 Å². The molecule has 0 saturated carbocycles. The van der Waals surface area contributed by atoms with Crippen molar-refractivity contribution in [1.29, 1.82) is 0 Å². The van der Waals surface area contributed by atoms with Crippen molar-refractivity contribution in [3.8, 4) is 0 Å². The lowest BCUT2D eigenvalue weighted by Crippen LogP contribution is -2.31. The number of rotatable bonds is 6. The van der Waals surface area contributed by atoms with E-state index in [9.17, 15) is 9.18 Å². The molecule has 3 heteroatoms. The number of halogens is 1. The zero-order valence-corrected chi connectivity index (χ0v) is 10.5. The molecule has 0 spiro atoms. The molecule has 0 bridgehead atoms. The van der Waals surface area contributed by atoms with E-state index in [1.807, 2.05) is 19.9 Å². The van der Waals surface area contributed by atoms with E-state index < -0.39 is 0 Å². The SMILES string of the molecule is CCC(CC)C(=O)NCCc1cccc(F)c1. The normalized spacial score (nSPS) is 10.6. The number of hydrogen-bond donors (Lipinski definition) is 1. The highest BCUT2D eigenvalue weighted by Crippen LogP contribution is 2.07. The number of hydrogen-bond acceptors (Lipinski definition) is 1. The average molecular weight is 237 g/mol. The Balaban J connectivity index is 2.35. The van der Waals surface area contributed by atoms with Gasteiger partial charge in [-0.2, -0.15) is 0 Å². The summed E-state index contributed by atoms with van der Waals surface area (Å²) in [6.07, 6.45) is 2.40. The van der Waals surface area contributed by atoms with Crippen LogP contribution in [0.15, 0.2) is 24.3 Å². The Bertz CT molecular complexity index is 361. The van der Waals surface area contributed by atoms with Gasteiger partial charge in [-0.05, 0) is 37.0 Å². The number of carbonyl (C=O) groups is 1. The summed E-state index contributed by atoms with van der Waals surface area (Å²) in [5.74, 6) is -0.0252. The largest absolute Gasteiger partial charge is 0.356 e. The number of amides is 1. The molecule has 1 aromatic carbocycles. The van der Waals surface area contributed by atoms with Crippen LogP contribution in [0.3, 0.4) is 0 Å². The fourth-order valence-corrected chi connectivity index (χ4v) is 1.83. The Labute approximate surface area is 102 Å². The Morgan fingerprint density at radius 2 is 2.06 bits per heavy atom. The van der Waals surface area contributed by atoms with Crippen LogP contribution >= 0.6 is 0 Å². The highest BCUT2D eigenvalue weighted by molar-refractivity contribution is 5.78. The van der Waals surface area contributed by atoms with E-state index in [0.717, 1.165) is 18.4 Å². The first-order valence-electron chi connectivity index (χ1n) is 6.19. The summed E-state index contributed by atoms with van der Waals surface area (Å²) in [6, 6.07) is 6.48. The minimum atomic E-state index is -0.228. The van der Waals surface area contributed by atoms with Gasteiger partial charge in [0.25, 0.3) is 0 Å². The van der Waals surface area contributed by atoms with Gasteiger partial charge in [-0.25, -0.2) is 4.39 Å². The summed E-state index contributed by atoms with van der Waals surface area (Å²) in [5, 5.41) is 2.89. The second kappa shape index (κ2) is 7.05. The van der Waals surface area contributed by atoms with Gasteiger partial charge in [-0.3, -0.25) is 4.79 Å². The van der Waals surface area contributed by atoms with Crippen molar-refractivity contribution in [3.05, 3.63) is 35.6 Å². The maximum atomic E-state index is 12.9. The van der Waals surface area contributed by atoms with Crippen molar-refractivity contribution in [2.24, 2.45) is 5.92 Å². The van der Waals surface area contributed by atoms with Gasteiger partial charge in [-0.15, -0.1) is 0 Å². The third-order valence-corrected chi connectivity index (χ3v) is 2.96. The fraction of sp³-hybridized carbons (Fsp3) is 0.500. The van der Waals surface area contributed by atoms with Crippen molar-refractivity contribution in [2.45, 2.75) is 33.1 Å². The zero-order valence-electron chi connectivity index (χ0n) is 10.5. The minimum absolute atomic E-state index is 0.0995. The summed E-state index contributed by atoms with van der Waals surface area (Å²) in [4.78, 5) is 11.7.